The largest absolute Gasteiger partial charge is 0.433 e. The summed E-state index contributed by atoms with van der Waals surface area (Å²) in [6.07, 6.45) is -15.2. The molecule has 0 bridgehead atoms. The summed E-state index contributed by atoms with van der Waals surface area (Å²) in [4.78, 5) is 14.8. The number of hydrogen-bond acceptors (Lipinski definition) is 2. The Bertz CT molecular complexity index is 821. The fourth-order valence-corrected chi connectivity index (χ4v) is 1.92. The number of alkyl halides is 9. The van der Waals surface area contributed by atoms with E-state index in [4.69, 9.17) is 0 Å². The number of carbonyl (C=O) groups is 1. The number of amides is 1. The predicted octanol–water partition coefficient (Wildman–Crippen LogP) is 5.39. The molecule has 2 aromatic rings. The average Bonchev–Trinajstić information content (AvgIpc) is 2.52. The quantitative estimate of drug-likeness (QED) is 0.685. The SMILES string of the molecule is O=C(Nc1cccc(C(F)(F)F)c1)c1cc(C(F)(F)F)cc(C(F)(F)F)n1. The van der Waals surface area contributed by atoms with Crippen LogP contribution in [-0.2, 0) is 18.5 Å². The lowest BCUT2D eigenvalue weighted by Crippen LogP contribution is -2.20. The van der Waals surface area contributed by atoms with Gasteiger partial charge in [-0.05, 0) is 30.3 Å². The van der Waals surface area contributed by atoms with Crippen molar-refractivity contribution in [2.45, 2.75) is 18.5 Å². The van der Waals surface area contributed by atoms with Crippen molar-refractivity contribution in [1.29, 1.82) is 0 Å². The maximum absolute atomic E-state index is 12.8. The van der Waals surface area contributed by atoms with E-state index < -0.39 is 52.6 Å². The van der Waals surface area contributed by atoms with Gasteiger partial charge in [0.25, 0.3) is 5.91 Å². The summed E-state index contributed by atoms with van der Waals surface area (Å²) in [7, 11) is 0. The smallest absolute Gasteiger partial charge is 0.321 e. The van der Waals surface area contributed by atoms with Crippen molar-refractivity contribution in [2.75, 3.05) is 5.32 Å². The maximum Gasteiger partial charge on any atom is 0.433 e. The van der Waals surface area contributed by atoms with E-state index in [0.29, 0.717) is 12.1 Å². The molecule has 27 heavy (non-hydrogen) atoms. The highest BCUT2D eigenvalue weighted by molar-refractivity contribution is 6.03. The van der Waals surface area contributed by atoms with E-state index in [1.807, 2.05) is 0 Å². The lowest BCUT2D eigenvalue weighted by Gasteiger charge is -2.14. The van der Waals surface area contributed by atoms with Gasteiger partial charge in [0, 0.05) is 5.69 Å². The minimum atomic E-state index is -5.27. The van der Waals surface area contributed by atoms with E-state index in [9.17, 15) is 44.3 Å². The highest BCUT2D eigenvalue weighted by atomic mass is 19.4. The highest BCUT2D eigenvalue weighted by Gasteiger charge is 2.39. The number of nitrogens with one attached hydrogen (secondary N) is 1. The second-order valence-corrected chi connectivity index (χ2v) is 5.15. The minimum absolute atomic E-state index is 0.0676. The molecule has 2 rings (SSSR count). The molecular formula is C15H7F9N2O. The standard InChI is InChI=1S/C15H7F9N2O/c16-13(17,18)7-2-1-3-9(4-7)25-12(27)10-5-8(14(19,20)21)6-11(26-10)15(22,23)24/h1-6H,(H,25,27). The van der Waals surface area contributed by atoms with Crippen LogP contribution in [0.1, 0.15) is 27.3 Å². The van der Waals surface area contributed by atoms with Crippen molar-refractivity contribution in [3.63, 3.8) is 0 Å². The fraction of sp³-hybridized carbons (Fsp3) is 0.200. The summed E-state index contributed by atoms with van der Waals surface area (Å²) in [6.45, 7) is 0. The zero-order valence-corrected chi connectivity index (χ0v) is 12.7. The van der Waals surface area contributed by atoms with E-state index >= 15 is 0 Å². The van der Waals surface area contributed by atoms with Crippen molar-refractivity contribution in [3.8, 4) is 0 Å². The molecule has 0 saturated carbocycles. The lowest BCUT2D eigenvalue weighted by atomic mass is 10.1. The molecule has 1 amide bonds. The zero-order valence-electron chi connectivity index (χ0n) is 12.7. The fourth-order valence-electron chi connectivity index (χ4n) is 1.92. The first-order chi connectivity index (χ1) is 12.2. The molecule has 0 aliphatic heterocycles. The molecule has 1 heterocycles. The van der Waals surface area contributed by atoms with E-state index in [0.717, 1.165) is 12.1 Å². The van der Waals surface area contributed by atoms with Gasteiger partial charge in [0.1, 0.15) is 11.4 Å². The monoisotopic (exact) mass is 402 g/mol. The lowest BCUT2D eigenvalue weighted by molar-refractivity contribution is -0.145. The summed E-state index contributed by atoms with van der Waals surface area (Å²) in [6, 6.07) is 2.81. The van der Waals surface area contributed by atoms with E-state index in [1.165, 1.54) is 0 Å². The number of hydrogen-bond donors (Lipinski definition) is 1. The molecule has 12 heteroatoms. The molecule has 1 N–H and O–H groups in total. The highest BCUT2D eigenvalue weighted by Crippen LogP contribution is 2.35. The number of halogens is 9. The molecule has 3 nitrogen and oxygen atoms in total. The van der Waals surface area contributed by atoms with Gasteiger partial charge in [-0.15, -0.1) is 0 Å². The Morgan fingerprint density at radius 2 is 1.37 bits per heavy atom. The molecule has 0 unspecified atom stereocenters. The van der Waals surface area contributed by atoms with Crippen LogP contribution in [-0.4, -0.2) is 10.9 Å². The van der Waals surface area contributed by atoms with Gasteiger partial charge in [-0.2, -0.15) is 39.5 Å². The van der Waals surface area contributed by atoms with Gasteiger partial charge in [-0.25, -0.2) is 4.98 Å². The number of nitrogens with zero attached hydrogens (tertiary/aromatic N) is 1. The van der Waals surface area contributed by atoms with E-state index in [2.05, 4.69) is 4.98 Å². The number of benzene rings is 1. The van der Waals surface area contributed by atoms with Gasteiger partial charge in [0.05, 0.1) is 11.1 Å². The Labute approximate surface area is 144 Å². The molecule has 1 aromatic heterocycles. The Kier molecular flexibility index (Phi) is 5.12. The normalized spacial score (nSPS) is 12.8. The van der Waals surface area contributed by atoms with Crippen LogP contribution in [0.25, 0.3) is 0 Å². The molecule has 1 aromatic carbocycles. The second-order valence-electron chi connectivity index (χ2n) is 5.15. The molecule has 0 saturated heterocycles. The van der Waals surface area contributed by atoms with Crippen LogP contribution in [0.3, 0.4) is 0 Å². The van der Waals surface area contributed by atoms with Gasteiger partial charge in [-0.1, -0.05) is 6.07 Å². The van der Waals surface area contributed by atoms with Crippen LogP contribution < -0.4 is 5.32 Å². The predicted molar refractivity (Wildman–Crippen MR) is 73.6 cm³/mol. The van der Waals surface area contributed by atoms with Crippen LogP contribution >= 0.6 is 0 Å². The molecule has 0 aliphatic carbocycles. The molecule has 0 aliphatic rings. The van der Waals surface area contributed by atoms with E-state index in [1.54, 1.807) is 5.32 Å². The molecule has 0 spiro atoms. The van der Waals surface area contributed by atoms with Crippen LogP contribution in [0.4, 0.5) is 45.2 Å². The molecular weight excluding hydrogens is 395 g/mol. The summed E-state index contributed by atoms with van der Waals surface area (Å²) >= 11 is 0. The number of anilines is 1. The molecule has 146 valence electrons. The van der Waals surface area contributed by atoms with Crippen molar-refractivity contribution in [3.05, 3.63) is 58.9 Å². The number of pyridine rings is 1. The van der Waals surface area contributed by atoms with E-state index in [-0.39, 0.29) is 12.1 Å². The van der Waals surface area contributed by atoms with Crippen molar-refractivity contribution in [1.82, 2.24) is 4.98 Å². The Morgan fingerprint density at radius 1 is 0.778 bits per heavy atom. The molecule has 0 fully saturated rings. The van der Waals surface area contributed by atoms with Gasteiger partial charge in [-0.3, -0.25) is 4.79 Å². The van der Waals surface area contributed by atoms with Crippen molar-refractivity contribution < 1.29 is 44.3 Å². The molecule has 0 radical (unpaired) electrons. The van der Waals surface area contributed by atoms with Crippen molar-refractivity contribution in [2.24, 2.45) is 0 Å². The summed E-state index contributed by atoms with van der Waals surface area (Å²) < 4.78 is 114. The van der Waals surface area contributed by atoms with Crippen LogP contribution in [0.2, 0.25) is 0 Å². The number of carbonyl (C=O) groups excluding carboxylic acids is 1. The Balaban J connectivity index is 2.41. The Hall–Kier alpha value is -2.79. The van der Waals surface area contributed by atoms with Gasteiger partial charge in [0.2, 0.25) is 0 Å². The Morgan fingerprint density at radius 3 is 1.89 bits per heavy atom. The average molecular weight is 402 g/mol. The number of aromatic nitrogens is 1. The van der Waals surface area contributed by atoms with Crippen molar-refractivity contribution >= 4 is 11.6 Å². The first-order valence-electron chi connectivity index (χ1n) is 6.83. The maximum atomic E-state index is 12.8. The zero-order chi connectivity index (χ0) is 20.6. The first kappa shape index (κ1) is 20.5. The van der Waals surface area contributed by atoms with Gasteiger partial charge in [0.15, 0.2) is 0 Å². The third-order valence-corrected chi connectivity index (χ3v) is 3.12. The summed E-state index contributed by atoms with van der Waals surface area (Å²) in [5.41, 5.74) is -6.66. The first-order valence-corrected chi connectivity index (χ1v) is 6.83. The van der Waals surface area contributed by atoms with Gasteiger partial charge < -0.3 is 5.32 Å². The third kappa shape index (κ3) is 5.11. The van der Waals surface area contributed by atoms with Crippen LogP contribution in [0.5, 0.6) is 0 Å². The van der Waals surface area contributed by atoms with Gasteiger partial charge >= 0.3 is 18.5 Å². The number of rotatable bonds is 2. The van der Waals surface area contributed by atoms with Crippen LogP contribution in [0.15, 0.2) is 36.4 Å². The minimum Gasteiger partial charge on any atom is -0.321 e. The molecule has 0 atom stereocenters. The summed E-state index contributed by atoms with van der Waals surface area (Å²) in [5.74, 6) is -1.54. The second kappa shape index (κ2) is 6.74. The third-order valence-electron chi connectivity index (χ3n) is 3.12. The topological polar surface area (TPSA) is 42.0 Å². The van der Waals surface area contributed by atoms with Crippen LogP contribution in [0, 0.1) is 0 Å². The summed E-state index contributed by atoms with van der Waals surface area (Å²) in [5, 5.41) is 1.79.